The van der Waals surface area contributed by atoms with Gasteiger partial charge in [-0.2, -0.15) is 28.6 Å². The SMILES string of the molecule is CN=NC(=NN)C(=O)NC1CCC(Oc2cnc(C#N)c(C(F)(F)F)c2)CC1. The smallest absolute Gasteiger partial charge is 0.419 e. The molecule has 1 aromatic heterocycles. The Kier molecular flexibility index (Phi) is 6.86. The minimum Gasteiger partial charge on any atom is -0.489 e. The van der Waals surface area contributed by atoms with Crippen LogP contribution in [0.25, 0.3) is 0 Å². The first-order valence-corrected chi connectivity index (χ1v) is 8.31. The van der Waals surface area contributed by atoms with E-state index in [2.05, 4.69) is 25.6 Å². The van der Waals surface area contributed by atoms with Crippen molar-refractivity contribution in [3.8, 4) is 11.8 Å². The maximum atomic E-state index is 13.0. The number of pyridine rings is 1. The van der Waals surface area contributed by atoms with Crippen molar-refractivity contribution in [3.05, 3.63) is 23.5 Å². The lowest BCUT2D eigenvalue weighted by Crippen LogP contribution is -2.42. The van der Waals surface area contributed by atoms with Gasteiger partial charge in [0.1, 0.15) is 11.8 Å². The standard InChI is InChI=1S/C16H18F3N7O2/c1-22-26-14(25-21)15(27)24-9-2-4-10(5-3-9)28-11-6-12(16(17,18)19)13(7-20)23-8-11/h6,8-10H,2-5,21H2,1H3,(H,24,27). The summed E-state index contributed by atoms with van der Waals surface area (Å²) in [4.78, 5) is 15.5. The quantitative estimate of drug-likeness (QED) is 0.264. The molecular formula is C16H18F3N7O2. The number of hydrogen-bond acceptors (Lipinski definition) is 7. The molecule has 12 heteroatoms. The molecule has 0 aromatic carbocycles. The van der Waals surface area contributed by atoms with Gasteiger partial charge in [-0.25, -0.2) is 4.98 Å². The van der Waals surface area contributed by atoms with Gasteiger partial charge in [0.15, 0.2) is 5.69 Å². The number of aromatic nitrogens is 1. The van der Waals surface area contributed by atoms with Gasteiger partial charge in [-0.05, 0) is 31.7 Å². The van der Waals surface area contributed by atoms with Crippen molar-refractivity contribution in [2.45, 2.75) is 44.0 Å². The molecule has 0 saturated heterocycles. The average molecular weight is 397 g/mol. The van der Waals surface area contributed by atoms with Crippen LogP contribution in [0, 0.1) is 11.3 Å². The second kappa shape index (κ2) is 9.12. The highest BCUT2D eigenvalue weighted by atomic mass is 19.4. The van der Waals surface area contributed by atoms with Gasteiger partial charge in [0, 0.05) is 13.1 Å². The van der Waals surface area contributed by atoms with E-state index >= 15 is 0 Å². The van der Waals surface area contributed by atoms with Gasteiger partial charge in [0.05, 0.1) is 17.9 Å². The number of ether oxygens (including phenoxy) is 1. The monoisotopic (exact) mass is 397 g/mol. The number of nitrogens with two attached hydrogens (primary N) is 1. The summed E-state index contributed by atoms with van der Waals surface area (Å²) in [5.41, 5.74) is -1.83. The molecule has 3 N–H and O–H groups in total. The fraction of sp³-hybridized carbons (Fsp3) is 0.500. The number of nitrogens with zero attached hydrogens (tertiary/aromatic N) is 5. The summed E-state index contributed by atoms with van der Waals surface area (Å²) in [5, 5.41) is 21.7. The second-order valence-electron chi connectivity index (χ2n) is 5.99. The second-order valence-corrected chi connectivity index (χ2v) is 5.99. The third-order valence-electron chi connectivity index (χ3n) is 4.11. The number of hydrogen-bond donors (Lipinski definition) is 2. The number of carbonyl (C=O) groups is 1. The molecule has 1 fully saturated rings. The molecule has 1 aliphatic carbocycles. The van der Waals surface area contributed by atoms with Crippen LogP contribution in [0.2, 0.25) is 0 Å². The number of carbonyl (C=O) groups excluding carboxylic acids is 1. The number of nitrogens with one attached hydrogen (secondary N) is 1. The molecule has 1 saturated carbocycles. The summed E-state index contributed by atoms with van der Waals surface area (Å²) in [6, 6.07) is 2.03. The van der Waals surface area contributed by atoms with Gasteiger partial charge < -0.3 is 15.9 Å². The molecule has 1 heterocycles. The number of nitriles is 1. The van der Waals surface area contributed by atoms with Gasteiger partial charge in [-0.3, -0.25) is 4.79 Å². The van der Waals surface area contributed by atoms with E-state index in [4.69, 9.17) is 15.8 Å². The van der Waals surface area contributed by atoms with Crippen molar-refractivity contribution < 1.29 is 22.7 Å². The minimum atomic E-state index is -4.70. The molecule has 0 aliphatic heterocycles. The third-order valence-corrected chi connectivity index (χ3v) is 4.11. The van der Waals surface area contributed by atoms with Crippen LogP contribution in [0.5, 0.6) is 5.75 Å². The van der Waals surface area contributed by atoms with Gasteiger partial charge >= 0.3 is 6.18 Å². The Morgan fingerprint density at radius 1 is 1.39 bits per heavy atom. The lowest BCUT2D eigenvalue weighted by Gasteiger charge is -2.29. The molecule has 1 amide bonds. The molecule has 150 valence electrons. The third kappa shape index (κ3) is 5.38. The Hall–Kier alpha value is -3.23. The zero-order chi connectivity index (χ0) is 20.7. The van der Waals surface area contributed by atoms with E-state index in [1.165, 1.54) is 13.1 Å². The first-order chi connectivity index (χ1) is 13.3. The van der Waals surface area contributed by atoms with Crippen LogP contribution in [-0.4, -0.2) is 35.9 Å². The van der Waals surface area contributed by atoms with Gasteiger partial charge in [0.2, 0.25) is 0 Å². The first-order valence-electron chi connectivity index (χ1n) is 8.31. The molecule has 0 radical (unpaired) electrons. The lowest BCUT2D eigenvalue weighted by molar-refractivity contribution is -0.138. The number of hydrazone groups is 1. The molecule has 9 nitrogen and oxygen atoms in total. The van der Waals surface area contributed by atoms with Gasteiger partial charge in [0.25, 0.3) is 11.7 Å². The Labute approximate surface area is 158 Å². The van der Waals surface area contributed by atoms with E-state index in [0.29, 0.717) is 25.7 Å². The average Bonchev–Trinajstić information content (AvgIpc) is 2.66. The van der Waals surface area contributed by atoms with Crippen molar-refractivity contribution in [1.82, 2.24) is 10.3 Å². The topological polar surface area (TPSA) is 138 Å². The molecular weight excluding hydrogens is 379 g/mol. The molecule has 28 heavy (non-hydrogen) atoms. The van der Waals surface area contributed by atoms with E-state index < -0.39 is 23.3 Å². The Bertz CT molecular complexity index is 809. The van der Waals surface area contributed by atoms with E-state index in [1.54, 1.807) is 0 Å². The van der Waals surface area contributed by atoms with Crippen molar-refractivity contribution in [1.29, 1.82) is 5.26 Å². The van der Waals surface area contributed by atoms with Gasteiger partial charge in [-0.15, -0.1) is 5.11 Å². The predicted octanol–water partition coefficient (Wildman–Crippen LogP) is 2.13. The number of azo groups is 1. The Morgan fingerprint density at radius 3 is 2.61 bits per heavy atom. The fourth-order valence-corrected chi connectivity index (χ4v) is 2.81. The van der Waals surface area contributed by atoms with E-state index in [1.807, 2.05) is 0 Å². The van der Waals surface area contributed by atoms with Crippen LogP contribution in [0.1, 0.15) is 36.9 Å². The fourth-order valence-electron chi connectivity index (χ4n) is 2.81. The normalized spacial score (nSPS) is 20.6. The molecule has 1 aliphatic rings. The van der Waals surface area contributed by atoms with Crippen molar-refractivity contribution >= 4 is 11.7 Å². The summed E-state index contributed by atoms with van der Waals surface area (Å²) >= 11 is 0. The lowest BCUT2D eigenvalue weighted by atomic mass is 9.93. The van der Waals surface area contributed by atoms with Gasteiger partial charge in [-0.1, -0.05) is 0 Å². The Morgan fingerprint density at radius 2 is 2.07 bits per heavy atom. The van der Waals surface area contributed by atoms with Crippen LogP contribution in [0.15, 0.2) is 27.6 Å². The molecule has 1 aromatic rings. The zero-order valence-corrected chi connectivity index (χ0v) is 14.9. The highest BCUT2D eigenvalue weighted by Gasteiger charge is 2.35. The minimum absolute atomic E-state index is 0.0558. The van der Waals surface area contributed by atoms with E-state index in [-0.39, 0.29) is 23.7 Å². The molecule has 0 unspecified atom stereocenters. The zero-order valence-electron chi connectivity index (χ0n) is 14.9. The van der Waals surface area contributed by atoms with E-state index in [0.717, 1.165) is 12.3 Å². The molecule has 0 spiro atoms. The van der Waals surface area contributed by atoms with Crippen LogP contribution < -0.4 is 15.9 Å². The number of amides is 1. The predicted molar refractivity (Wildman–Crippen MR) is 91.2 cm³/mol. The van der Waals surface area contributed by atoms with Crippen LogP contribution in [0.4, 0.5) is 13.2 Å². The van der Waals surface area contributed by atoms with E-state index in [9.17, 15) is 18.0 Å². The van der Waals surface area contributed by atoms with Crippen molar-refractivity contribution in [3.63, 3.8) is 0 Å². The highest BCUT2D eigenvalue weighted by Crippen LogP contribution is 2.34. The number of amidine groups is 1. The summed E-state index contributed by atoms with van der Waals surface area (Å²) in [6.07, 6.45) is -1.81. The largest absolute Gasteiger partial charge is 0.489 e. The summed E-state index contributed by atoms with van der Waals surface area (Å²) in [6.45, 7) is 0. The van der Waals surface area contributed by atoms with Crippen molar-refractivity contribution in [2.24, 2.45) is 21.2 Å². The molecule has 0 atom stereocenters. The Balaban J connectivity index is 1.94. The number of halogens is 3. The van der Waals surface area contributed by atoms with Crippen LogP contribution in [-0.2, 0) is 11.0 Å². The summed E-state index contributed by atoms with van der Waals surface area (Å²) in [5.74, 6) is 4.23. The maximum absolute atomic E-state index is 13.0. The summed E-state index contributed by atoms with van der Waals surface area (Å²) < 4.78 is 44.6. The number of rotatable bonds is 3. The van der Waals surface area contributed by atoms with Crippen LogP contribution in [0.3, 0.4) is 0 Å². The van der Waals surface area contributed by atoms with Crippen LogP contribution >= 0.6 is 0 Å². The molecule has 0 bridgehead atoms. The van der Waals surface area contributed by atoms with Crippen molar-refractivity contribution in [2.75, 3.05) is 7.05 Å². The number of alkyl halides is 3. The summed E-state index contributed by atoms with van der Waals surface area (Å²) in [7, 11) is 1.38. The molecule has 2 rings (SSSR count). The highest BCUT2D eigenvalue weighted by molar-refractivity contribution is 6.38. The maximum Gasteiger partial charge on any atom is 0.419 e. The first kappa shape index (κ1) is 21.1.